The molecule has 0 bridgehead atoms. The fourth-order valence-corrected chi connectivity index (χ4v) is 2.40. The summed E-state index contributed by atoms with van der Waals surface area (Å²) in [6.07, 6.45) is 1.08. The van der Waals surface area contributed by atoms with Crippen LogP contribution in [0, 0.1) is 0 Å². The fraction of sp³-hybridized carbons (Fsp3) is 0.235. The average molecular weight is 307 g/mol. The van der Waals surface area contributed by atoms with Crippen LogP contribution in [-0.4, -0.2) is 5.78 Å². The molecule has 0 aromatic heterocycles. The molecule has 0 spiro atoms. The van der Waals surface area contributed by atoms with Crippen LogP contribution in [0.1, 0.15) is 47.7 Å². The molecule has 20 heavy (non-hydrogen) atoms. The highest BCUT2D eigenvalue weighted by atomic mass is 35.5. The maximum Gasteiger partial charge on any atom is 0.194 e. The highest BCUT2D eigenvalue weighted by molar-refractivity contribution is 6.36. The number of hydrogen-bond donors (Lipinski definition) is 0. The van der Waals surface area contributed by atoms with Gasteiger partial charge in [0.25, 0.3) is 0 Å². The molecule has 0 saturated heterocycles. The summed E-state index contributed by atoms with van der Waals surface area (Å²) in [5.74, 6) is 0.391. The van der Waals surface area contributed by atoms with Gasteiger partial charge in [0, 0.05) is 16.1 Å². The molecule has 1 nitrogen and oxygen atoms in total. The number of ketones is 1. The minimum Gasteiger partial charge on any atom is -0.289 e. The van der Waals surface area contributed by atoms with Crippen molar-refractivity contribution in [2.24, 2.45) is 0 Å². The van der Waals surface area contributed by atoms with Crippen molar-refractivity contribution in [1.82, 2.24) is 0 Å². The third-order valence-corrected chi connectivity index (χ3v) is 4.09. The lowest BCUT2D eigenvalue weighted by molar-refractivity contribution is 0.103. The lowest BCUT2D eigenvalue weighted by Crippen LogP contribution is -2.03. The SMILES string of the molecule is CCC(C)c1ccc(C(=O)c2cc(Cl)ccc2Cl)cc1. The molecule has 0 saturated carbocycles. The molecule has 0 radical (unpaired) electrons. The molecule has 0 fully saturated rings. The van der Waals surface area contributed by atoms with Gasteiger partial charge in [0.2, 0.25) is 0 Å². The monoisotopic (exact) mass is 306 g/mol. The van der Waals surface area contributed by atoms with E-state index in [0.29, 0.717) is 27.1 Å². The van der Waals surface area contributed by atoms with E-state index in [4.69, 9.17) is 23.2 Å². The zero-order valence-electron chi connectivity index (χ0n) is 11.5. The summed E-state index contributed by atoms with van der Waals surface area (Å²) in [5, 5.41) is 0.930. The lowest BCUT2D eigenvalue weighted by Gasteiger charge is -2.10. The number of hydrogen-bond acceptors (Lipinski definition) is 1. The first-order valence-electron chi connectivity index (χ1n) is 6.62. The van der Waals surface area contributed by atoms with Crippen LogP contribution in [-0.2, 0) is 0 Å². The Morgan fingerprint density at radius 1 is 1.10 bits per heavy atom. The van der Waals surface area contributed by atoms with Gasteiger partial charge in [-0.25, -0.2) is 0 Å². The van der Waals surface area contributed by atoms with Crippen molar-refractivity contribution >= 4 is 29.0 Å². The van der Waals surface area contributed by atoms with Gasteiger partial charge in [0.05, 0.1) is 5.02 Å². The minimum atomic E-state index is -0.104. The molecule has 0 aliphatic carbocycles. The van der Waals surface area contributed by atoms with Crippen LogP contribution in [0.4, 0.5) is 0 Å². The minimum absolute atomic E-state index is 0.104. The van der Waals surface area contributed by atoms with Crippen LogP contribution < -0.4 is 0 Å². The smallest absolute Gasteiger partial charge is 0.194 e. The molecule has 104 valence electrons. The average Bonchev–Trinajstić information content (AvgIpc) is 2.48. The number of carbonyl (C=O) groups excluding carboxylic acids is 1. The second-order valence-electron chi connectivity index (χ2n) is 4.88. The van der Waals surface area contributed by atoms with E-state index in [1.54, 1.807) is 18.2 Å². The van der Waals surface area contributed by atoms with Gasteiger partial charge in [0.15, 0.2) is 5.78 Å². The standard InChI is InChI=1S/C17H16Cl2O/c1-3-11(2)12-4-6-13(7-5-12)17(20)15-10-14(18)8-9-16(15)19/h4-11H,3H2,1-2H3. The first-order chi connectivity index (χ1) is 9.52. The van der Waals surface area contributed by atoms with Crippen molar-refractivity contribution in [1.29, 1.82) is 0 Å². The largest absolute Gasteiger partial charge is 0.289 e. The topological polar surface area (TPSA) is 17.1 Å². The summed E-state index contributed by atoms with van der Waals surface area (Å²) >= 11 is 12.0. The van der Waals surface area contributed by atoms with Crippen LogP contribution in [0.15, 0.2) is 42.5 Å². The Morgan fingerprint density at radius 2 is 1.75 bits per heavy atom. The van der Waals surface area contributed by atoms with Crippen LogP contribution in [0.25, 0.3) is 0 Å². The highest BCUT2D eigenvalue weighted by Crippen LogP contribution is 2.25. The third kappa shape index (κ3) is 3.23. The quantitative estimate of drug-likeness (QED) is 0.658. The number of rotatable bonds is 4. The summed E-state index contributed by atoms with van der Waals surface area (Å²) in [5.41, 5.74) is 2.30. The summed E-state index contributed by atoms with van der Waals surface area (Å²) in [4.78, 5) is 12.4. The van der Waals surface area contributed by atoms with Crippen LogP contribution in [0.3, 0.4) is 0 Å². The van der Waals surface area contributed by atoms with Crippen molar-refractivity contribution in [2.45, 2.75) is 26.2 Å². The molecule has 2 aromatic carbocycles. The van der Waals surface area contributed by atoms with Crippen LogP contribution >= 0.6 is 23.2 Å². The van der Waals surface area contributed by atoms with Crippen molar-refractivity contribution in [3.63, 3.8) is 0 Å². The van der Waals surface area contributed by atoms with Crippen molar-refractivity contribution in [3.05, 3.63) is 69.2 Å². The van der Waals surface area contributed by atoms with Crippen LogP contribution in [0.5, 0.6) is 0 Å². The fourth-order valence-electron chi connectivity index (χ4n) is 2.03. The molecular weight excluding hydrogens is 291 g/mol. The molecule has 0 aliphatic rings. The molecule has 0 heterocycles. The Balaban J connectivity index is 2.32. The van der Waals surface area contributed by atoms with Gasteiger partial charge < -0.3 is 0 Å². The Bertz CT molecular complexity index is 617. The van der Waals surface area contributed by atoms with E-state index < -0.39 is 0 Å². The zero-order valence-corrected chi connectivity index (χ0v) is 13.0. The van der Waals surface area contributed by atoms with Gasteiger partial charge >= 0.3 is 0 Å². The van der Waals surface area contributed by atoms with E-state index in [1.165, 1.54) is 5.56 Å². The molecule has 1 unspecified atom stereocenters. The van der Waals surface area contributed by atoms with Crippen molar-refractivity contribution in [2.75, 3.05) is 0 Å². The summed E-state index contributed by atoms with van der Waals surface area (Å²) < 4.78 is 0. The van der Waals surface area contributed by atoms with E-state index >= 15 is 0 Å². The molecular formula is C17H16Cl2O. The van der Waals surface area contributed by atoms with Gasteiger partial charge in [-0.05, 0) is 36.1 Å². The van der Waals surface area contributed by atoms with Crippen molar-refractivity contribution < 1.29 is 4.79 Å². The maximum atomic E-state index is 12.4. The summed E-state index contributed by atoms with van der Waals surface area (Å²) in [7, 11) is 0. The third-order valence-electron chi connectivity index (χ3n) is 3.53. The Kier molecular flexibility index (Phi) is 4.85. The van der Waals surface area contributed by atoms with E-state index in [-0.39, 0.29) is 5.78 Å². The second kappa shape index (κ2) is 6.43. The first-order valence-corrected chi connectivity index (χ1v) is 7.38. The van der Waals surface area contributed by atoms with Gasteiger partial charge in [-0.3, -0.25) is 4.79 Å². The summed E-state index contributed by atoms with van der Waals surface area (Å²) in [6, 6.07) is 12.6. The van der Waals surface area contributed by atoms with Gasteiger partial charge in [-0.1, -0.05) is 61.3 Å². The summed E-state index contributed by atoms with van der Waals surface area (Å²) in [6.45, 7) is 4.32. The lowest BCUT2D eigenvalue weighted by atomic mass is 9.95. The van der Waals surface area contributed by atoms with E-state index in [0.717, 1.165) is 6.42 Å². The van der Waals surface area contributed by atoms with E-state index in [2.05, 4.69) is 13.8 Å². The molecule has 0 aliphatic heterocycles. The normalized spacial score (nSPS) is 12.2. The van der Waals surface area contributed by atoms with Crippen LogP contribution in [0.2, 0.25) is 10.0 Å². The molecule has 1 atom stereocenters. The molecule has 0 amide bonds. The first kappa shape index (κ1) is 15.1. The number of benzene rings is 2. The predicted molar refractivity (Wildman–Crippen MR) is 85.0 cm³/mol. The van der Waals surface area contributed by atoms with E-state index in [1.807, 2.05) is 24.3 Å². The van der Waals surface area contributed by atoms with Gasteiger partial charge in [0.1, 0.15) is 0 Å². The Labute approximate surface area is 129 Å². The molecule has 0 N–H and O–H groups in total. The highest BCUT2D eigenvalue weighted by Gasteiger charge is 2.14. The van der Waals surface area contributed by atoms with Gasteiger partial charge in [-0.2, -0.15) is 0 Å². The second-order valence-corrected chi connectivity index (χ2v) is 5.73. The number of halogens is 2. The van der Waals surface area contributed by atoms with Gasteiger partial charge in [-0.15, -0.1) is 0 Å². The Morgan fingerprint density at radius 3 is 2.35 bits per heavy atom. The molecule has 3 heteroatoms. The Hall–Kier alpha value is -1.31. The van der Waals surface area contributed by atoms with E-state index in [9.17, 15) is 4.79 Å². The maximum absolute atomic E-state index is 12.4. The zero-order chi connectivity index (χ0) is 14.7. The predicted octanol–water partition coefficient (Wildman–Crippen LogP) is 5.74. The molecule has 2 rings (SSSR count). The van der Waals surface area contributed by atoms with Crippen molar-refractivity contribution in [3.8, 4) is 0 Å². The molecule has 2 aromatic rings. The number of carbonyl (C=O) groups is 1.